The molecule has 2 N–H and O–H groups in total. The largest absolute Gasteiger partial charge is 0.505 e. The zero-order valence-corrected chi connectivity index (χ0v) is 14.2. The van der Waals surface area contributed by atoms with E-state index in [0.717, 1.165) is 8.95 Å². The van der Waals surface area contributed by atoms with Crippen molar-refractivity contribution in [2.45, 2.75) is 0 Å². The SMILES string of the molecule is O=C(O)c1c(O)c(-c2ccc(Br)cc2)nc2ccc(Br)cc12. The summed E-state index contributed by atoms with van der Waals surface area (Å²) in [4.78, 5) is 16.0. The number of rotatable bonds is 2. The number of aromatic nitrogens is 1. The lowest BCUT2D eigenvalue weighted by atomic mass is 10.0. The van der Waals surface area contributed by atoms with E-state index in [9.17, 15) is 15.0 Å². The highest BCUT2D eigenvalue weighted by atomic mass is 79.9. The number of aromatic hydroxyl groups is 1. The third-order valence-corrected chi connectivity index (χ3v) is 4.27. The molecule has 6 heteroatoms. The molecule has 0 unspecified atom stereocenters. The molecule has 110 valence electrons. The van der Waals surface area contributed by atoms with Crippen LogP contribution in [0.1, 0.15) is 10.4 Å². The predicted molar refractivity (Wildman–Crippen MR) is 91.2 cm³/mol. The first-order valence-electron chi connectivity index (χ1n) is 6.29. The molecule has 3 aromatic rings. The van der Waals surface area contributed by atoms with Crippen LogP contribution in [0, 0.1) is 0 Å². The molecule has 0 amide bonds. The van der Waals surface area contributed by atoms with Crippen molar-refractivity contribution in [1.82, 2.24) is 4.98 Å². The van der Waals surface area contributed by atoms with Gasteiger partial charge in [0.2, 0.25) is 0 Å². The Balaban J connectivity index is 2.37. The van der Waals surface area contributed by atoms with Crippen molar-refractivity contribution in [3.05, 3.63) is 57.0 Å². The van der Waals surface area contributed by atoms with Crippen LogP contribution in [0.3, 0.4) is 0 Å². The van der Waals surface area contributed by atoms with Crippen LogP contribution in [-0.4, -0.2) is 21.2 Å². The van der Waals surface area contributed by atoms with Gasteiger partial charge in [0.1, 0.15) is 11.3 Å². The topological polar surface area (TPSA) is 70.4 Å². The Bertz CT molecular complexity index is 892. The van der Waals surface area contributed by atoms with Crippen LogP contribution in [0.4, 0.5) is 0 Å². The molecule has 0 aliphatic rings. The standard InChI is InChI=1S/C16H9Br2NO3/c17-9-3-1-8(2-4-9)14-15(20)13(16(21)22)11-7-10(18)5-6-12(11)19-14/h1-7,20H,(H,21,22). The van der Waals surface area contributed by atoms with Gasteiger partial charge in [0.15, 0.2) is 5.75 Å². The maximum absolute atomic E-state index is 11.6. The summed E-state index contributed by atoms with van der Waals surface area (Å²) in [6.07, 6.45) is 0. The Morgan fingerprint density at radius 3 is 2.27 bits per heavy atom. The summed E-state index contributed by atoms with van der Waals surface area (Å²) in [5, 5.41) is 20.2. The lowest BCUT2D eigenvalue weighted by molar-refractivity contribution is 0.0696. The number of benzene rings is 2. The van der Waals surface area contributed by atoms with Gasteiger partial charge in [-0.05, 0) is 30.3 Å². The first kappa shape index (κ1) is 15.0. The number of hydrogen-bond acceptors (Lipinski definition) is 3. The van der Waals surface area contributed by atoms with Gasteiger partial charge >= 0.3 is 5.97 Å². The van der Waals surface area contributed by atoms with Crippen LogP contribution in [0.2, 0.25) is 0 Å². The summed E-state index contributed by atoms with van der Waals surface area (Å²) in [6, 6.07) is 12.3. The highest BCUT2D eigenvalue weighted by Gasteiger charge is 2.20. The molecule has 3 rings (SSSR count). The lowest BCUT2D eigenvalue weighted by Crippen LogP contribution is -2.01. The molecule has 22 heavy (non-hydrogen) atoms. The van der Waals surface area contributed by atoms with Crippen LogP contribution in [-0.2, 0) is 0 Å². The van der Waals surface area contributed by atoms with Crippen molar-refractivity contribution in [2.24, 2.45) is 0 Å². The second kappa shape index (κ2) is 5.70. The highest BCUT2D eigenvalue weighted by Crippen LogP contribution is 2.36. The summed E-state index contributed by atoms with van der Waals surface area (Å²) >= 11 is 6.64. The van der Waals surface area contributed by atoms with Gasteiger partial charge in [0.25, 0.3) is 0 Å². The third-order valence-electron chi connectivity index (χ3n) is 3.25. The van der Waals surface area contributed by atoms with Gasteiger partial charge in [-0.2, -0.15) is 0 Å². The molecule has 0 spiro atoms. The van der Waals surface area contributed by atoms with Crippen molar-refractivity contribution in [2.75, 3.05) is 0 Å². The first-order chi connectivity index (χ1) is 10.5. The zero-order valence-electron chi connectivity index (χ0n) is 11.0. The zero-order chi connectivity index (χ0) is 15.9. The normalized spacial score (nSPS) is 10.8. The van der Waals surface area contributed by atoms with E-state index in [1.54, 1.807) is 30.3 Å². The van der Waals surface area contributed by atoms with Crippen LogP contribution < -0.4 is 0 Å². The summed E-state index contributed by atoms with van der Waals surface area (Å²) in [6.45, 7) is 0. The van der Waals surface area contributed by atoms with Crippen molar-refractivity contribution in [3.8, 4) is 17.0 Å². The van der Waals surface area contributed by atoms with Crippen LogP contribution in [0.5, 0.6) is 5.75 Å². The van der Waals surface area contributed by atoms with E-state index in [1.807, 2.05) is 12.1 Å². The quantitative estimate of drug-likeness (QED) is 0.620. The number of carboxylic acids is 1. The first-order valence-corrected chi connectivity index (χ1v) is 7.87. The van der Waals surface area contributed by atoms with Crippen LogP contribution in [0.15, 0.2) is 51.4 Å². The van der Waals surface area contributed by atoms with E-state index in [-0.39, 0.29) is 17.0 Å². The van der Waals surface area contributed by atoms with Crippen molar-refractivity contribution in [3.63, 3.8) is 0 Å². The number of fused-ring (bicyclic) bond motifs is 1. The minimum atomic E-state index is -1.19. The van der Waals surface area contributed by atoms with Crippen LogP contribution in [0.25, 0.3) is 22.2 Å². The Hall–Kier alpha value is -1.92. The van der Waals surface area contributed by atoms with Crippen LogP contribution >= 0.6 is 31.9 Å². The second-order valence-electron chi connectivity index (χ2n) is 4.66. The van der Waals surface area contributed by atoms with Gasteiger partial charge in [-0.25, -0.2) is 9.78 Å². The molecule has 0 bridgehead atoms. The molecule has 2 aromatic carbocycles. The minimum absolute atomic E-state index is 0.149. The molecule has 0 aliphatic carbocycles. The number of carboxylic acid groups (broad SMARTS) is 1. The minimum Gasteiger partial charge on any atom is -0.505 e. The van der Waals surface area contributed by atoms with Gasteiger partial charge in [0, 0.05) is 19.9 Å². The Morgan fingerprint density at radius 1 is 1.00 bits per heavy atom. The van der Waals surface area contributed by atoms with E-state index in [4.69, 9.17) is 0 Å². The molecule has 0 saturated carbocycles. The molecular weight excluding hydrogens is 414 g/mol. The van der Waals surface area contributed by atoms with Gasteiger partial charge in [0.05, 0.1) is 5.52 Å². The summed E-state index contributed by atoms with van der Waals surface area (Å²) in [5.74, 6) is -1.53. The fraction of sp³-hybridized carbons (Fsp3) is 0. The average molecular weight is 423 g/mol. The number of pyridine rings is 1. The third kappa shape index (κ3) is 2.60. The number of nitrogens with zero attached hydrogens (tertiary/aromatic N) is 1. The maximum atomic E-state index is 11.6. The van der Waals surface area contributed by atoms with E-state index >= 15 is 0 Å². The smallest absolute Gasteiger partial charge is 0.340 e. The number of hydrogen-bond donors (Lipinski definition) is 2. The summed E-state index contributed by atoms with van der Waals surface area (Å²) < 4.78 is 1.61. The van der Waals surface area contributed by atoms with Crippen molar-refractivity contribution < 1.29 is 15.0 Å². The van der Waals surface area contributed by atoms with Crippen molar-refractivity contribution >= 4 is 48.7 Å². The monoisotopic (exact) mass is 421 g/mol. The Kier molecular flexibility index (Phi) is 3.88. The lowest BCUT2D eigenvalue weighted by Gasteiger charge is -2.11. The predicted octanol–water partition coefficient (Wildman–Crippen LogP) is 4.83. The van der Waals surface area contributed by atoms with E-state index in [2.05, 4.69) is 36.8 Å². The van der Waals surface area contributed by atoms with Gasteiger partial charge in [-0.3, -0.25) is 0 Å². The summed E-state index contributed by atoms with van der Waals surface area (Å²) in [7, 11) is 0. The van der Waals surface area contributed by atoms with E-state index in [0.29, 0.717) is 16.5 Å². The molecule has 0 atom stereocenters. The molecular formula is C16H9Br2NO3. The molecule has 1 heterocycles. The van der Waals surface area contributed by atoms with E-state index < -0.39 is 5.97 Å². The van der Waals surface area contributed by atoms with Crippen molar-refractivity contribution in [1.29, 1.82) is 0 Å². The van der Waals surface area contributed by atoms with Gasteiger partial charge < -0.3 is 10.2 Å². The number of carbonyl (C=O) groups is 1. The number of halogens is 2. The molecule has 0 fully saturated rings. The number of aromatic carboxylic acids is 1. The fourth-order valence-corrected chi connectivity index (χ4v) is 2.88. The van der Waals surface area contributed by atoms with Gasteiger partial charge in [-0.1, -0.05) is 44.0 Å². The van der Waals surface area contributed by atoms with Gasteiger partial charge in [-0.15, -0.1) is 0 Å². The molecule has 0 saturated heterocycles. The molecule has 4 nitrogen and oxygen atoms in total. The maximum Gasteiger partial charge on any atom is 0.340 e. The highest BCUT2D eigenvalue weighted by molar-refractivity contribution is 9.10. The molecule has 0 radical (unpaired) electrons. The molecule has 0 aliphatic heterocycles. The molecule has 1 aromatic heterocycles. The second-order valence-corrected chi connectivity index (χ2v) is 6.49. The van der Waals surface area contributed by atoms with E-state index in [1.165, 1.54) is 0 Å². The average Bonchev–Trinajstić information content (AvgIpc) is 2.47. The summed E-state index contributed by atoms with van der Waals surface area (Å²) in [5.41, 5.74) is 1.26. The Labute approximate surface area is 142 Å². The fourth-order valence-electron chi connectivity index (χ4n) is 2.25. The Morgan fingerprint density at radius 2 is 1.64 bits per heavy atom.